The normalized spacial score (nSPS) is 18.2. The zero-order chi connectivity index (χ0) is 25.8. The minimum Gasteiger partial charge on any atom is -0.384 e. The molecule has 2 aliphatic rings. The topological polar surface area (TPSA) is 142 Å². The molecule has 4 heterocycles. The summed E-state index contributed by atoms with van der Waals surface area (Å²) in [6.45, 7) is 4.85. The third-order valence-corrected chi connectivity index (χ3v) is 7.49. The van der Waals surface area contributed by atoms with Gasteiger partial charge in [-0.2, -0.15) is 9.67 Å². The molecule has 0 spiro atoms. The second kappa shape index (κ2) is 11.2. The van der Waals surface area contributed by atoms with E-state index in [1.807, 2.05) is 28.5 Å². The molecular weight excluding hydrogens is 492 g/mol. The van der Waals surface area contributed by atoms with E-state index >= 15 is 0 Å². The first-order chi connectivity index (χ1) is 18.0. The molecule has 11 nitrogen and oxygen atoms in total. The summed E-state index contributed by atoms with van der Waals surface area (Å²) in [6, 6.07) is 10.9. The Morgan fingerprint density at radius 3 is 2.65 bits per heavy atom. The van der Waals surface area contributed by atoms with Gasteiger partial charge in [0.1, 0.15) is 5.84 Å². The maximum Gasteiger partial charge on any atom is 0.291 e. The molecule has 3 aromatic rings. The lowest BCUT2D eigenvalue weighted by molar-refractivity contribution is -0.132. The fraction of sp³-hybridized carbons (Fsp3) is 0.400. The van der Waals surface area contributed by atoms with Crippen LogP contribution in [0.2, 0.25) is 0 Å². The number of benzene rings is 1. The summed E-state index contributed by atoms with van der Waals surface area (Å²) in [5.41, 5.74) is 7.14. The first-order valence-electron chi connectivity index (χ1n) is 12.3. The van der Waals surface area contributed by atoms with E-state index < -0.39 is 0 Å². The van der Waals surface area contributed by atoms with Crippen LogP contribution in [0, 0.1) is 5.41 Å². The van der Waals surface area contributed by atoms with Gasteiger partial charge in [-0.15, -0.1) is 16.4 Å². The van der Waals surface area contributed by atoms with Gasteiger partial charge in [0.15, 0.2) is 5.82 Å². The van der Waals surface area contributed by atoms with E-state index in [1.165, 1.54) is 16.0 Å². The van der Waals surface area contributed by atoms with Crippen molar-refractivity contribution in [1.82, 2.24) is 24.6 Å². The average Bonchev–Trinajstić information content (AvgIpc) is 3.69. The predicted octanol–water partition coefficient (Wildman–Crippen LogP) is 1.57. The zero-order valence-electron chi connectivity index (χ0n) is 20.4. The van der Waals surface area contributed by atoms with E-state index in [9.17, 15) is 9.59 Å². The van der Waals surface area contributed by atoms with Gasteiger partial charge in [0, 0.05) is 44.2 Å². The van der Waals surface area contributed by atoms with Crippen LogP contribution in [0.5, 0.6) is 0 Å². The number of hydrogen-bond donors (Lipinski definition) is 3. The Labute approximate surface area is 218 Å². The molecule has 0 radical (unpaired) electrons. The van der Waals surface area contributed by atoms with Gasteiger partial charge in [0.25, 0.3) is 5.91 Å². The molecular formula is C25H30N8O3S. The Bertz CT molecular complexity index is 1250. The number of nitrogens with one attached hydrogen (secondary N) is 2. The fourth-order valence-electron chi connectivity index (χ4n) is 4.49. The van der Waals surface area contributed by atoms with E-state index in [2.05, 4.69) is 15.3 Å². The molecule has 2 saturated heterocycles. The van der Waals surface area contributed by atoms with Crippen LogP contribution in [-0.2, 0) is 16.1 Å². The van der Waals surface area contributed by atoms with Crippen LogP contribution in [0.3, 0.4) is 0 Å². The average molecular weight is 523 g/mol. The van der Waals surface area contributed by atoms with Crippen molar-refractivity contribution in [3.8, 4) is 0 Å². The number of carbonyl (C=O) groups is 2. The highest BCUT2D eigenvalue weighted by Crippen LogP contribution is 2.27. The molecule has 194 valence electrons. The van der Waals surface area contributed by atoms with Crippen LogP contribution < -0.4 is 11.1 Å². The highest BCUT2D eigenvalue weighted by molar-refractivity contribution is 7.12. The Hall–Kier alpha value is -3.61. The van der Waals surface area contributed by atoms with Crippen molar-refractivity contribution in [3.63, 3.8) is 0 Å². The van der Waals surface area contributed by atoms with Crippen molar-refractivity contribution in [1.29, 1.82) is 5.41 Å². The molecule has 0 saturated carbocycles. The number of morpholine rings is 1. The highest BCUT2D eigenvalue weighted by Gasteiger charge is 2.32. The van der Waals surface area contributed by atoms with Gasteiger partial charge in [-0.05, 0) is 23.4 Å². The number of carbonyl (C=O) groups excluding carboxylic acids is 2. The van der Waals surface area contributed by atoms with Crippen molar-refractivity contribution in [2.75, 3.05) is 51.3 Å². The standard InChI is InChI=1S/C25H30N8O3S/c26-22(27)18-5-3-17(4-6-18)14-28-25-29-23(30-33(25)24(35)20-2-1-13-37-20)19-7-8-32(15-19)21(34)16-31-9-11-36-12-10-31/h1-6,13,19H,7-12,14-16H2,(H3,26,27)(H,28,29,30). The summed E-state index contributed by atoms with van der Waals surface area (Å²) in [4.78, 5) is 35.3. The van der Waals surface area contributed by atoms with Crippen LogP contribution in [0.15, 0.2) is 41.8 Å². The van der Waals surface area contributed by atoms with Crippen molar-refractivity contribution in [3.05, 3.63) is 63.6 Å². The van der Waals surface area contributed by atoms with Crippen LogP contribution >= 0.6 is 11.3 Å². The molecule has 2 aromatic heterocycles. The van der Waals surface area contributed by atoms with Crippen LogP contribution in [0.1, 0.15) is 39.0 Å². The largest absolute Gasteiger partial charge is 0.384 e. The second-order valence-corrected chi connectivity index (χ2v) is 10.1. The van der Waals surface area contributed by atoms with Gasteiger partial charge >= 0.3 is 0 Å². The molecule has 1 atom stereocenters. The van der Waals surface area contributed by atoms with Gasteiger partial charge in [0.2, 0.25) is 11.9 Å². The molecule has 5 rings (SSSR count). The van der Waals surface area contributed by atoms with Gasteiger partial charge in [-0.1, -0.05) is 30.3 Å². The van der Waals surface area contributed by atoms with Gasteiger partial charge in [0.05, 0.1) is 24.6 Å². The lowest BCUT2D eigenvalue weighted by Gasteiger charge is -2.27. The number of amidine groups is 1. The fourth-order valence-corrected chi connectivity index (χ4v) is 5.14. The number of aromatic nitrogens is 3. The molecule has 37 heavy (non-hydrogen) atoms. The summed E-state index contributed by atoms with van der Waals surface area (Å²) >= 11 is 1.35. The number of hydrogen-bond acceptors (Lipinski definition) is 9. The molecule has 1 aromatic carbocycles. The Morgan fingerprint density at radius 2 is 1.95 bits per heavy atom. The molecule has 2 fully saturated rings. The number of rotatable bonds is 8. The first-order valence-corrected chi connectivity index (χ1v) is 13.2. The first kappa shape index (κ1) is 25.1. The van der Waals surface area contributed by atoms with E-state index in [1.54, 1.807) is 18.2 Å². The van der Waals surface area contributed by atoms with Gasteiger partial charge in [-0.25, -0.2) is 0 Å². The molecule has 0 aliphatic carbocycles. The molecule has 1 unspecified atom stereocenters. The number of anilines is 1. The van der Waals surface area contributed by atoms with Crippen LogP contribution in [0.25, 0.3) is 0 Å². The third kappa shape index (κ3) is 5.87. The number of amides is 1. The van der Waals surface area contributed by atoms with Crippen molar-refractivity contribution in [2.45, 2.75) is 18.9 Å². The number of thiophene rings is 1. The lowest BCUT2D eigenvalue weighted by Crippen LogP contribution is -2.44. The minimum atomic E-state index is -0.249. The predicted molar refractivity (Wildman–Crippen MR) is 140 cm³/mol. The quantitative estimate of drug-likeness (QED) is 0.299. The second-order valence-electron chi connectivity index (χ2n) is 9.17. The van der Waals surface area contributed by atoms with Crippen molar-refractivity contribution < 1.29 is 14.3 Å². The molecule has 1 amide bonds. The highest BCUT2D eigenvalue weighted by atomic mass is 32.1. The monoisotopic (exact) mass is 522 g/mol. The zero-order valence-corrected chi connectivity index (χ0v) is 21.2. The summed E-state index contributed by atoms with van der Waals surface area (Å²) < 4.78 is 6.69. The smallest absolute Gasteiger partial charge is 0.291 e. The summed E-state index contributed by atoms with van der Waals surface area (Å²) in [7, 11) is 0. The number of nitrogen functional groups attached to an aromatic ring is 1. The summed E-state index contributed by atoms with van der Waals surface area (Å²) in [6.07, 6.45) is 0.748. The number of ether oxygens (including phenoxy) is 1. The lowest BCUT2D eigenvalue weighted by atomic mass is 10.1. The SMILES string of the molecule is N=C(N)c1ccc(CNc2nc(C3CCN(C(=O)CN4CCOCC4)C3)nn2C(=O)c2cccs2)cc1. The molecule has 4 N–H and O–H groups in total. The Balaban J connectivity index is 1.30. The Morgan fingerprint density at radius 1 is 1.16 bits per heavy atom. The molecule has 0 bridgehead atoms. The van der Waals surface area contributed by atoms with Gasteiger partial charge < -0.3 is 20.7 Å². The van der Waals surface area contributed by atoms with Crippen molar-refractivity contribution >= 4 is 34.9 Å². The third-order valence-electron chi connectivity index (χ3n) is 6.63. The van der Waals surface area contributed by atoms with E-state index in [0.29, 0.717) is 61.6 Å². The van der Waals surface area contributed by atoms with E-state index in [0.717, 1.165) is 25.1 Å². The van der Waals surface area contributed by atoms with Crippen LogP contribution in [-0.4, -0.2) is 88.2 Å². The van der Waals surface area contributed by atoms with E-state index in [4.69, 9.17) is 20.9 Å². The molecule has 2 aliphatic heterocycles. The summed E-state index contributed by atoms with van der Waals surface area (Å²) in [5, 5.41) is 17.2. The van der Waals surface area contributed by atoms with Gasteiger partial charge in [-0.3, -0.25) is 19.9 Å². The number of nitrogens with zero attached hydrogens (tertiary/aromatic N) is 5. The molecule has 12 heteroatoms. The minimum absolute atomic E-state index is 0.0134. The Kier molecular flexibility index (Phi) is 7.58. The van der Waals surface area contributed by atoms with E-state index in [-0.39, 0.29) is 23.6 Å². The van der Waals surface area contributed by atoms with Crippen molar-refractivity contribution in [2.24, 2.45) is 5.73 Å². The maximum absolute atomic E-state index is 13.2. The number of nitrogens with two attached hydrogens (primary N) is 1. The maximum atomic E-state index is 13.2. The summed E-state index contributed by atoms with van der Waals surface area (Å²) in [5.74, 6) is 0.747. The van der Waals surface area contributed by atoms with Crippen LogP contribution in [0.4, 0.5) is 5.95 Å². The number of likely N-dealkylation sites (tertiary alicyclic amines) is 1.